The molecule has 0 saturated carbocycles. The van der Waals surface area contributed by atoms with Gasteiger partial charge in [-0.05, 0) is 134 Å². The molecule has 0 heterocycles. The Balaban J connectivity index is 2.06. The fourth-order valence-electron chi connectivity index (χ4n) is 6.63. The van der Waals surface area contributed by atoms with Gasteiger partial charge in [-0.3, -0.25) is 0 Å². The highest BCUT2D eigenvalue weighted by Crippen LogP contribution is 2.24. The summed E-state index contributed by atoms with van der Waals surface area (Å²) in [5.41, 5.74) is 22.5. The zero-order valence-electron chi connectivity index (χ0n) is 27.5. The van der Waals surface area contributed by atoms with E-state index in [1.165, 1.54) is 83.1 Å². The highest BCUT2D eigenvalue weighted by atomic mass is 16.4. The lowest BCUT2D eigenvalue weighted by atomic mass is 9.32. The number of hydrogen-bond acceptors (Lipinski definition) is 2. The third-order valence-electron chi connectivity index (χ3n) is 9.94. The molecular formula is C38H44B2O2. The summed E-state index contributed by atoms with van der Waals surface area (Å²) in [6.45, 7) is 27.2. The Hall–Kier alpha value is -3.51. The van der Waals surface area contributed by atoms with Gasteiger partial charge in [-0.25, -0.2) is 0 Å². The van der Waals surface area contributed by atoms with E-state index in [2.05, 4.69) is 107 Å². The molecule has 0 aliphatic carbocycles. The molecule has 0 spiro atoms. The summed E-state index contributed by atoms with van der Waals surface area (Å²) in [5.74, 6) is 6.81. The molecule has 0 aromatic heterocycles. The molecule has 0 saturated heterocycles. The van der Waals surface area contributed by atoms with E-state index in [0.717, 1.165) is 11.1 Å². The van der Waals surface area contributed by atoms with Crippen LogP contribution in [0.3, 0.4) is 0 Å². The Bertz CT molecular complexity index is 1620. The Morgan fingerprint density at radius 1 is 0.452 bits per heavy atom. The Labute approximate surface area is 254 Å². The second kappa shape index (κ2) is 12.0. The number of aryl methyl sites for hydroxylation is 4. The van der Waals surface area contributed by atoms with Gasteiger partial charge in [0.05, 0.1) is 0 Å². The summed E-state index contributed by atoms with van der Waals surface area (Å²) >= 11 is 0. The molecule has 2 nitrogen and oxygen atoms in total. The van der Waals surface area contributed by atoms with Crippen molar-refractivity contribution in [3.8, 4) is 11.8 Å². The highest BCUT2D eigenvalue weighted by Gasteiger charge is 2.33. The van der Waals surface area contributed by atoms with Gasteiger partial charge in [-0.15, -0.1) is 0 Å². The maximum atomic E-state index is 9.44. The van der Waals surface area contributed by atoms with E-state index in [0.29, 0.717) is 5.46 Å². The van der Waals surface area contributed by atoms with Crippen molar-refractivity contribution >= 4 is 35.7 Å². The molecule has 4 heteroatoms. The van der Waals surface area contributed by atoms with E-state index in [1.807, 2.05) is 12.1 Å². The van der Waals surface area contributed by atoms with E-state index < -0.39 is 7.12 Å². The topological polar surface area (TPSA) is 40.5 Å². The predicted octanol–water partition coefficient (Wildman–Crippen LogP) is 4.98. The lowest BCUT2D eigenvalue weighted by molar-refractivity contribution is 0.426. The van der Waals surface area contributed by atoms with E-state index in [1.54, 1.807) is 12.1 Å². The molecule has 0 unspecified atom stereocenters. The average Bonchev–Trinajstić information content (AvgIpc) is 2.94. The smallest absolute Gasteiger partial charge is 0.423 e. The van der Waals surface area contributed by atoms with Crippen LogP contribution in [0.5, 0.6) is 0 Å². The molecule has 4 aromatic rings. The Morgan fingerprint density at radius 2 is 0.810 bits per heavy atom. The van der Waals surface area contributed by atoms with Crippen molar-refractivity contribution in [1.82, 2.24) is 0 Å². The van der Waals surface area contributed by atoms with Crippen LogP contribution in [0.4, 0.5) is 0 Å². The third kappa shape index (κ3) is 5.49. The summed E-state index contributed by atoms with van der Waals surface area (Å²) in [6, 6.07) is 11.8. The first-order chi connectivity index (χ1) is 19.7. The van der Waals surface area contributed by atoms with Gasteiger partial charge in [-0.2, -0.15) is 0 Å². The van der Waals surface area contributed by atoms with Crippen LogP contribution in [0.2, 0.25) is 0 Å². The van der Waals surface area contributed by atoms with Crippen LogP contribution in [-0.2, 0) is 0 Å². The zero-order valence-corrected chi connectivity index (χ0v) is 27.5. The first-order valence-corrected chi connectivity index (χ1v) is 14.9. The molecule has 2 N–H and O–H groups in total. The molecule has 4 aromatic carbocycles. The van der Waals surface area contributed by atoms with Gasteiger partial charge >= 0.3 is 7.12 Å². The van der Waals surface area contributed by atoms with Gasteiger partial charge in [0.25, 0.3) is 0 Å². The lowest BCUT2D eigenvalue weighted by Gasteiger charge is -2.30. The Kier molecular flexibility index (Phi) is 8.98. The second-order valence-electron chi connectivity index (χ2n) is 12.3. The minimum atomic E-state index is -1.48. The monoisotopic (exact) mass is 554 g/mol. The van der Waals surface area contributed by atoms with Crippen molar-refractivity contribution in [2.45, 2.75) is 83.1 Å². The van der Waals surface area contributed by atoms with Gasteiger partial charge in [0.15, 0.2) is 0 Å². The summed E-state index contributed by atoms with van der Waals surface area (Å²) < 4.78 is 0. The van der Waals surface area contributed by atoms with Gasteiger partial charge in [0, 0.05) is 11.1 Å². The van der Waals surface area contributed by atoms with Crippen molar-refractivity contribution < 1.29 is 10.0 Å². The fourth-order valence-corrected chi connectivity index (χ4v) is 6.63. The maximum absolute atomic E-state index is 9.44. The number of benzene rings is 4. The van der Waals surface area contributed by atoms with Gasteiger partial charge in [0.1, 0.15) is 0 Å². The molecule has 4 rings (SSSR count). The molecule has 0 radical (unpaired) electrons. The van der Waals surface area contributed by atoms with Crippen molar-refractivity contribution in [2.75, 3.05) is 0 Å². The largest absolute Gasteiger partial charge is 0.488 e. The van der Waals surface area contributed by atoms with Crippen LogP contribution in [0.15, 0.2) is 36.4 Å². The molecule has 0 amide bonds. The van der Waals surface area contributed by atoms with Gasteiger partial charge in [0.2, 0.25) is 6.71 Å². The summed E-state index contributed by atoms with van der Waals surface area (Å²) in [4.78, 5) is 0. The fraction of sp³-hybridized carbons (Fsp3) is 0.316. The molecule has 42 heavy (non-hydrogen) atoms. The number of hydrogen-bond donors (Lipinski definition) is 2. The van der Waals surface area contributed by atoms with Gasteiger partial charge in [-0.1, -0.05) is 85.9 Å². The minimum Gasteiger partial charge on any atom is -0.423 e. The molecule has 0 bridgehead atoms. The highest BCUT2D eigenvalue weighted by molar-refractivity contribution is 6.97. The molecule has 0 atom stereocenters. The third-order valence-corrected chi connectivity index (χ3v) is 9.94. The van der Waals surface area contributed by atoms with Crippen molar-refractivity contribution in [2.24, 2.45) is 0 Å². The second-order valence-corrected chi connectivity index (χ2v) is 12.3. The van der Waals surface area contributed by atoms with Crippen LogP contribution in [0.1, 0.15) is 77.9 Å². The van der Waals surface area contributed by atoms with Crippen LogP contribution in [0.25, 0.3) is 0 Å². The predicted molar refractivity (Wildman–Crippen MR) is 183 cm³/mol. The number of rotatable bonds is 4. The quantitative estimate of drug-likeness (QED) is 0.276. The molecular weight excluding hydrogens is 510 g/mol. The summed E-state index contributed by atoms with van der Waals surface area (Å²) in [6.07, 6.45) is 0. The SMILES string of the molecule is Cc1cc(C)c(C)c(B(c2c(C)c(C)cc(C)c2C)c2c(C)c(C)c(C#Cc3ccc(B(O)O)cc3)c(C)c2C)c1C. The van der Waals surface area contributed by atoms with Crippen molar-refractivity contribution in [3.63, 3.8) is 0 Å². The van der Waals surface area contributed by atoms with Gasteiger partial charge < -0.3 is 10.0 Å². The molecule has 0 aliphatic heterocycles. The van der Waals surface area contributed by atoms with E-state index >= 15 is 0 Å². The van der Waals surface area contributed by atoms with Crippen LogP contribution in [-0.4, -0.2) is 23.9 Å². The Morgan fingerprint density at radius 3 is 1.17 bits per heavy atom. The normalized spacial score (nSPS) is 10.9. The van der Waals surface area contributed by atoms with Crippen LogP contribution < -0.4 is 21.9 Å². The average molecular weight is 554 g/mol. The van der Waals surface area contributed by atoms with E-state index in [-0.39, 0.29) is 6.71 Å². The van der Waals surface area contributed by atoms with E-state index in [9.17, 15) is 10.0 Å². The first-order valence-electron chi connectivity index (χ1n) is 14.9. The minimum absolute atomic E-state index is 0.110. The standard InChI is InChI=1S/C38H44B2O2/c1-21-19-22(2)26(6)36(25(21)5)39(37-27(7)23(3)20-24(4)28(37)8)38-31(11)29(9)35(30(10)32(38)12)18-15-33-13-16-34(17-14-33)40(41)42/h13-14,16-17,19-20,41-42H,1-12H3. The first kappa shape index (κ1) is 31.4. The van der Waals surface area contributed by atoms with Crippen molar-refractivity contribution in [3.05, 3.63) is 114 Å². The maximum Gasteiger partial charge on any atom is 0.488 e. The summed E-state index contributed by atoms with van der Waals surface area (Å²) in [7, 11) is -1.48. The van der Waals surface area contributed by atoms with Crippen LogP contribution >= 0.6 is 0 Å². The van der Waals surface area contributed by atoms with E-state index in [4.69, 9.17) is 0 Å². The summed E-state index contributed by atoms with van der Waals surface area (Å²) in [5, 5.41) is 18.9. The zero-order chi connectivity index (χ0) is 31.2. The molecule has 214 valence electrons. The van der Waals surface area contributed by atoms with Crippen molar-refractivity contribution in [1.29, 1.82) is 0 Å². The molecule has 0 fully saturated rings. The van der Waals surface area contributed by atoms with Crippen LogP contribution in [0, 0.1) is 94.9 Å². The molecule has 0 aliphatic rings. The lowest BCUT2D eigenvalue weighted by Crippen LogP contribution is -2.58.